The lowest BCUT2D eigenvalue weighted by Crippen LogP contribution is -2.25. The van der Waals surface area contributed by atoms with E-state index in [1.807, 2.05) is 24.7 Å². The summed E-state index contributed by atoms with van der Waals surface area (Å²) in [6.07, 6.45) is 9.04. The van der Waals surface area contributed by atoms with Crippen LogP contribution in [0.5, 0.6) is 0 Å². The first-order valence-electron chi connectivity index (χ1n) is 7.27. The third-order valence-electron chi connectivity index (χ3n) is 3.90. The van der Waals surface area contributed by atoms with Gasteiger partial charge in [-0.1, -0.05) is 6.07 Å². The van der Waals surface area contributed by atoms with Gasteiger partial charge in [0, 0.05) is 37.6 Å². The largest absolute Gasteiger partial charge is 0.357 e. The van der Waals surface area contributed by atoms with Crippen LogP contribution in [0.3, 0.4) is 0 Å². The third-order valence-corrected chi connectivity index (χ3v) is 3.90. The molecule has 1 fully saturated rings. The fraction of sp³-hybridized carbons (Fsp3) is 0.438. The Labute approximate surface area is 119 Å². The van der Waals surface area contributed by atoms with E-state index in [0.29, 0.717) is 5.92 Å². The Morgan fingerprint density at radius 2 is 1.90 bits per heavy atom. The van der Waals surface area contributed by atoms with E-state index in [1.54, 1.807) is 0 Å². The summed E-state index contributed by atoms with van der Waals surface area (Å²) in [5.41, 5.74) is 1.21. The number of anilines is 1. The summed E-state index contributed by atoms with van der Waals surface area (Å²) in [7, 11) is 0. The van der Waals surface area contributed by atoms with Crippen molar-refractivity contribution in [2.75, 3.05) is 18.0 Å². The van der Waals surface area contributed by atoms with Gasteiger partial charge >= 0.3 is 0 Å². The maximum absolute atomic E-state index is 4.54. The number of pyridine rings is 1. The monoisotopic (exact) mass is 268 g/mol. The second-order valence-electron chi connectivity index (χ2n) is 5.42. The summed E-state index contributed by atoms with van der Waals surface area (Å²) < 4.78 is 0. The van der Waals surface area contributed by atoms with Gasteiger partial charge in [0.25, 0.3) is 0 Å². The summed E-state index contributed by atoms with van der Waals surface area (Å²) in [5.74, 6) is 2.56. The maximum atomic E-state index is 4.54. The highest BCUT2D eigenvalue weighted by Crippen LogP contribution is 2.27. The lowest BCUT2D eigenvalue weighted by atomic mass is 10.00. The van der Waals surface area contributed by atoms with E-state index in [-0.39, 0.29) is 0 Å². The molecule has 1 aliphatic heterocycles. The molecule has 0 radical (unpaired) electrons. The predicted molar refractivity (Wildman–Crippen MR) is 79.8 cm³/mol. The Morgan fingerprint density at radius 3 is 2.65 bits per heavy atom. The van der Waals surface area contributed by atoms with Crippen LogP contribution in [-0.2, 0) is 0 Å². The lowest BCUT2D eigenvalue weighted by Gasteiger charge is -2.21. The minimum absolute atomic E-state index is 0.478. The van der Waals surface area contributed by atoms with Crippen molar-refractivity contribution in [1.82, 2.24) is 15.0 Å². The normalized spacial score (nSPS) is 19.6. The molecule has 1 aliphatic rings. The molecule has 2 aromatic rings. The minimum Gasteiger partial charge on any atom is -0.357 e. The molecule has 0 aliphatic carbocycles. The van der Waals surface area contributed by atoms with Crippen molar-refractivity contribution in [3.8, 4) is 0 Å². The number of rotatable bonds is 2. The summed E-state index contributed by atoms with van der Waals surface area (Å²) in [6.45, 7) is 4.17. The zero-order chi connectivity index (χ0) is 13.8. The second kappa shape index (κ2) is 5.99. The average molecular weight is 268 g/mol. The SMILES string of the molecule is Cc1ccc(N2CCCC(c3ncccn3)CC2)nc1. The molecular weight excluding hydrogens is 248 g/mol. The minimum atomic E-state index is 0.478. The van der Waals surface area contributed by atoms with E-state index in [2.05, 4.69) is 38.9 Å². The molecule has 20 heavy (non-hydrogen) atoms. The third kappa shape index (κ3) is 2.95. The second-order valence-corrected chi connectivity index (χ2v) is 5.42. The molecule has 3 rings (SSSR count). The van der Waals surface area contributed by atoms with E-state index in [4.69, 9.17) is 0 Å². The van der Waals surface area contributed by atoms with Crippen LogP contribution in [0.15, 0.2) is 36.8 Å². The van der Waals surface area contributed by atoms with Crippen LogP contribution in [0.2, 0.25) is 0 Å². The maximum Gasteiger partial charge on any atom is 0.131 e. The molecule has 3 heterocycles. The van der Waals surface area contributed by atoms with E-state index in [1.165, 1.54) is 12.0 Å². The summed E-state index contributed by atoms with van der Waals surface area (Å²) >= 11 is 0. The van der Waals surface area contributed by atoms with Gasteiger partial charge < -0.3 is 4.90 Å². The first-order valence-corrected chi connectivity index (χ1v) is 7.27. The topological polar surface area (TPSA) is 41.9 Å². The van der Waals surface area contributed by atoms with Crippen LogP contribution in [0.1, 0.15) is 36.6 Å². The van der Waals surface area contributed by atoms with Crippen LogP contribution >= 0.6 is 0 Å². The van der Waals surface area contributed by atoms with Crippen molar-refractivity contribution in [3.05, 3.63) is 48.2 Å². The van der Waals surface area contributed by atoms with Crippen molar-refractivity contribution in [2.24, 2.45) is 0 Å². The van der Waals surface area contributed by atoms with Crippen molar-refractivity contribution in [3.63, 3.8) is 0 Å². The number of nitrogens with zero attached hydrogens (tertiary/aromatic N) is 4. The van der Waals surface area contributed by atoms with Crippen molar-refractivity contribution in [1.29, 1.82) is 0 Å². The van der Waals surface area contributed by atoms with Gasteiger partial charge in [0.05, 0.1) is 0 Å². The van der Waals surface area contributed by atoms with Crippen LogP contribution in [-0.4, -0.2) is 28.0 Å². The van der Waals surface area contributed by atoms with Crippen LogP contribution in [0, 0.1) is 6.92 Å². The Bertz CT molecular complexity index is 538. The fourth-order valence-electron chi connectivity index (χ4n) is 2.75. The molecule has 2 aromatic heterocycles. The summed E-state index contributed by atoms with van der Waals surface area (Å²) in [5, 5.41) is 0. The van der Waals surface area contributed by atoms with E-state index >= 15 is 0 Å². The Hall–Kier alpha value is -1.97. The van der Waals surface area contributed by atoms with Crippen molar-refractivity contribution < 1.29 is 0 Å². The molecule has 0 aromatic carbocycles. The molecule has 1 atom stereocenters. The van der Waals surface area contributed by atoms with Gasteiger partial charge in [-0.25, -0.2) is 15.0 Å². The molecule has 1 unspecified atom stereocenters. The predicted octanol–water partition coefficient (Wildman–Crippen LogP) is 2.95. The fourth-order valence-corrected chi connectivity index (χ4v) is 2.75. The zero-order valence-corrected chi connectivity index (χ0v) is 11.9. The highest BCUT2D eigenvalue weighted by molar-refractivity contribution is 5.39. The van der Waals surface area contributed by atoms with Crippen LogP contribution in [0.4, 0.5) is 5.82 Å². The zero-order valence-electron chi connectivity index (χ0n) is 11.9. The smallest absolute Gasteiger partial charge is 0.131 e. The highest BCUT2D eigenvalue weighted by Gasteiger charge is 2.20. The number of hydrogen-bond acceptors (Lipinski definition) is 4. The Balaban J connectivity index is 1.69. The lowest BCUT2D eigenvalue weighted by molar-refractivity contribution is 0.577. The van der Waals surface area contributed by atoms with E-state index < -0.39 is 0 Å². The summed E-state index contributed by atoms with van der Waals surface area (Å²) in [6, 6.07) is 6.13. The molecule has 4 heteroatoms. The molecule has 4 nitrogen and oxygen atoms in total. The van der Waals surface area contributed by atoms with E-state index in [9.17, 15) is 0 Å². The van der Waals surface area contributed by atoms with Gasteiger partial charge in [0.2, 0.25) is 0 Å². The van der Waals surface area contributed by atoms with Gasteiger partial charge in [-0.2, -0.15) is 0 Å². The molecule has 1 saturated heterocycles. The van der Waals surface area contributed by atoms with Gasteiger partial charge in [-0.15, -0.1) is 0 Å². The first kappa shape index (κ1) is 13.0. The average Bonchev–Trinajstić information content (AvgIpc) is 2.75. The standard InChI is InChI=1S/C16H20N4/c1-13-5-6-15(19-12-13)20-10-2-4-14(7-11-20)16-17-8-3-9-18-16/h3,5-6,8-9,12,14H,2,4,7,10-11H2,1H3. The number of aromatic nitrogens is 3. The van der Waals surface area contributed by atoms with Crippen molar-refractivity contribution >= 4 is 5.82 Å². The first-order chi connectivity index (χ1) is 9.83. The van der Waals surface area contributed by atoms with Gasteiger partial charge in [-0.3, -0.25) is 0 Å². The molecular formula is C16H20N4. The van der Waals surface area contributed by atoms with Crippen LogP contribution < -0.4 is 4.90 Å². The molecule has 0 N–H and O–H groups in total. The Morgan fingerprint density at radius 1 is 1.05 bits per heavy atom. The van der Waals surface area contributed by atoms with Gasteiger partial charge in [-0.05, 0) is 43.9 Å². The Kier molecular flexibility index (Phi) is 3.90. The van der Waals surface area contributed by atoms with Gasteiger partial charge in [0.1, 0.15) is 11.6 Å². The van der Waals surface area contributed by atoms with E-state index in [0.717, 1.165) is 37.6 Å². The molecule has 0 saturated carbocycles. The number of aryl methyl sites for hydroxylation is 1. The molecule has 0 spiro atoms. The molecule has 0 amide bonds. The van der Waals surface area contributed by atoms with Crippen molar-refractivity contribution in [2.45, 2.75) is 32.1 Å². The number of hydrogen-bond donors (Lipinski definition) is 0. The van der Waals surface area contributed by atoms with Crippen LogP contribution in [0.25, 0.3) is 0 Å². The summed E-state index contributed by atoms with van der Waals surface area (Å²) in [4.78, 5) is 15.7. The highest BCUT2D eigenvalue weighted by atomic mass is 15.2. The molecule has 0 bridgehead atoms. The quantitative estimate of drug-likeness (QED) is 0.839. The van der Waals surface area contributed by atoms with Gasteiger partial charge in [0.15, 0.2) is 0 Å². The molecule has 104 valence electrons.